The lowest BCUT2D eigenvalue weighted by Crippen LogP contribution is -2.27. The number of azo groups is 1. The highest BCUT2D eigenvalue weighted by atomic mass is 16.3. The van der Waals surface area contributed by atoms with Gasteiger partial charge in [0.05, 0.1) is 35.0 Å². The molecule has 9 nitrogen and oxygen atoms in total. The summed E-state index contributed by atoms with van der Waals surface area (Å²) in [5.41, 5.74) is 1.83. The van der Waals surface area contributed by atoms with E-state index < -0.39 is 17.4 Å². The molecular weight excluding hydrogens is 446 g/mol. The van der Waals surface area contributed by atoms with E-state index in [-0.39, 0.29) is 29.6 Å². The molecule has 0 saturated heterocycles. The smallest absolute Gasteiger partial charge is 0.276 e. The predicted octanol–water partition coefficient (Wildman–Crippen LogP) is 4.21. The third-order valence-corrected chi connectivity index (χ3v) is 5.74. The lowest BCUT2D eigenvalue weighted by Gasteiger charge is -2.19. The molecular formula is C26H23N5O4. The molecule has 35 heavy (non-hydrogen) atoms. The van der Waals surface area contributed by atoms with Crippen LogP contribution in [0.5, 0.6) is 5.75 Å². The van der Waals surface area contributed by atoms with E-state index in [0.717, 1.165) is 0 Å². The van der Waals surface area contributed by atoms with Crippen LogP contribution < -0.4 is 5.32 Å². The van der Waals surface area contributed by atoms with Crippen molar-refractivity contribution in [1.29, 1.82) is 0 Å². The number of carbonyl (C=O) groups is 2. The van der Waals surface area contributed by atoms with Crippen molar-refractivity contribution in [3.05, 3.63) is 83.6 Å². The molecule has 0 radical (unpaired) electrons. The van der Waals surface area contributed by atoms with Crippen LogP contribution in [0.25, 0.3) is 16.6 Å². The summed E-state index contributed by atoms with van der Waals surface area (Å²) in [4.78, 5) is 25.2. The highest BCUT2D eigenvalue weighted by Crippen LogP contribution is 2.36. The minimum absolute atomic E-state index is 0.164. The lowest BCUT2D eigenvalue weighted by molar-refractivity contribution is -0.119. The van der Waals surface area contributed by atoms with E-state index in [0.29, 0.717) is 27.7 Å². The molecule has 3 aromatic rings. The zero-order valence-electron chi connectivity index (χ0n) is 19.1. The third-order valence-electron chi connectivity index (χ3n) is 5.74. The molecule has 1 aliphatic heterocycles. The van der Waals surface area contributed by atoms with E-state index in [1.165, 1.54) is 6.07 Å². The topological polar surface area (TPSA) is 129 Å². The molecule has 2 aromatic carbocycles. The number of amides is 2. The third kappa shape index (κ3) is 4.29. The van der Waals surface area contributed by atoms with Gasteiger partial charge in [0.1, 0.15) is 5.75 Å². The van der Waals surface area contributed by atoms with Crippen molar-refractivity contribution in [3.8, 4) is 5.75 Å². The standard InChI is InChI=1S/C26H23N5O4/c1-26(2,35)14-31-20-10-6-5-9-18(20)23(30-31)25(34)27-19-12-11-15(13-21(19)32)22-16-7-3-4-8-17(16)24(33)29-28-22/h3-13,17,32,35H,14H2,1-2H3,(H,27,34). The molecule has 176 valence electrons. The molecule has 0 spiro atoms. The average Bonchev–Trinajstić information content (AvgIpc) is 3.18. The summed E-state index contributed by atoms with van der Waals surface area (Å²) in [7, 11) is 0. The van der Waals surface area contributed by atoms with Crippen molar-refractivity contribution >= 4 is 34.1 Å². The molecule has 1 aromatic heterocycles. The van der Waals surface area contributed by atoms with Crippen molar-refractivity contribution in [1.82, 2.24) is 9.78 Å². The number of phenolic OH excluding ortho intramolecular Hbond substituents is 1. The first kappa shape index (κ1) is 22.4. The quantitative estimate of drug-likeness (QED) is 0.482. The first-order valence-electron chi connectivity index (χ1n) is 11.1. The zero-order valence-corrected chi connectivity index (χ0v) is 19.1. The Labute approximate surface area is 200 Å². The number of carbonyl (C=O) groups excluding carboxylic acids is 2. The van der Waals surface area contributed by atoms with Crippen LogP contribution in [0.3, 0.4) is 0 Å². The van der Waals surface area contributed by atoms with Gasteiger partial charge in [-0.05, 0) is 37.6 Å². The summed E-state index contributed by atoms with van der Waals surface area (Å²) in [5, 5.41) is 36.5. The van der Waals surface area contributed by atoms with Crippen molar-refractivity contribution < 1.29 is 19.8 Å². The lowest BCUT2D eigenvalue weighted by atomic mass is 9.89. The van der Waals surface area contributed by atoms with Crippen LogP contribution >= 0.6 is 0 Å². The number of aromatic hydroxyl groups is 1. The Morgan fingerprint density at radius 2 is 1.94 bits per heavy atom. The Kier molecular flexibility index (Phi) is 5.41. The number of nitrogens with one attached hydrogen (secondary N) is 1. The number of benzene rings is 2. The van der Waals surface area contributed by atoms with Crippen LogP contribution in [0.2, 0.25) is 0 Å². The van der Waals surface area contributed by atoms with Crippen LogP contribution in [-0.4, -0.2) is 37.4 Å². The Hall–Kier alpha value is -4.37. The molecule has 2 heterocycles. The van der Waals surface area contributed by atoms with Crippen LogP contribution in [0, 0.1) is 5.92 Å². The molecule has 0 saturated carbocycles. The largest absolute Gasteiger partial charge is 0.506 e. The highest BCUT2D eigenvalue weighted by Gasteiger charge is 2.28. The monoisotopic (exact) mass is 469 g/mol. The molecule has 9 heteroatoms. The maximum absolute atomic E-state index is 13.1. The van der Waals surface area contributed by atoms with E-state index in [2.05, 4.69) is 20.6 Å². The van der Waals surface area contributed by atoms with E-state index in [9.17, 15) is 19.8 Å². The van der Waals surface area contributed by atoms with Gasteiger partial charge in [-0.2, -0.15) is 5.10 Å². The van der Waals surface area contributed by atoms with E-state index in [4.69, 9.17) is 0 Å². The molecule has 2 amide bonds. The first-order chi connectivity index (χ1) is 16.7. The van der Waals surface area contributed by atoms with Crippen molar-refractivity contribution in [2.75, 3.05) is 5.32 Å². The second-order valence-electron chi connectivity index (χ2n) is 9.09. The van der Waals surface area contributed by atoms with Gasteiger partial charge in [-0.3, -0.25) is 14.3 Å². The summed E-state index contributed by atoms with van der Waals surface area (Å²) in [5.74, 6) is -1.50. The number of fused-ring (bicyclic) bond motifs is 2. The molecule has 1 aliphatic carbocycles. The van der Waals surface area contributed by atoms with Gasteiger partial charge in [0.15, 0.2) is 5.69 Å². The number of hydrogen-bond donors (Lipinski definition) is 3. The second-order valence-corrected chi connectivity index (χ2v) is 9.09. The second kappa shape index (κ2) is 8.44. The molecule has 3 N–H and O–H groups in total. The van der Waals surface area contributed by atoms with Gasteiger partial charge in [0, 0.05) is 10.9 Å². The molecule has 1 atom stereocenters. The summed E-state index contributed by atoms with van der Waals surface area (Å²) in [6, 6.07) is 12.0. The van der Waals surface area contributed by atoms with Crippen molar-refractivity contribution in [2.24, 2.45) is 16.1 Å². The maximum atomic E-state index is 13.1. The van der Waals surface area contributed by atoms with E-state index in [1.54, 1.807) is 55.0 Å². The molecule has 2 aliphatic rings. The van der Waals surface area contributed by atoms with E-state index in [1.807, 2.05) is 24.3 Å². The normalized spacial score (nSPS) is 17.2. The molecule has 5 rings (SSSR count). The van der Waals surface area contributed by atoms with Crippen LogP contribution in [-0.2, 0) is 11.3 Å². The summed E-state index contributed by atoms with van der Waals surface area (Å²) in [6.07, 6.45) is 7.16. The summed E-state index contributed by atoms with van der Waals surface area (Å²) >= 11 is 0. The number of phenols is 1. The number of aromatic nitrogens is 2. The highest BCUT2D eigenvalue weighted by molar-refractivity contribution is 6.11. The Bertz CT molecular complexity index is 1490. The number of hydrogen-bond acceptors (Lipinski definition) is 6. The maximum Gasteiger partial charge on any atom is 0.276 e. The van der Waals surface area contributed by atoms with Gasteiger partial charge < -0.3 is 15.5 Å². The molecule has 1 unspecified atom stereocenters. The molecule has 0 bridgehead atoms. The van der Waals surface area contributed by atoms with Gasteiger partial charge in [0.25, 0.3) is 11.8 Å². The van der Waals surface area contributed by atoms with Crippen molar-refractivity contribution in [3.63, 3.8) is 0 Å². The number of nitrogens with zero attached hydrogens (tertiary/aromatic N) is 4. The average molecular weight is 470 g/mol. The van der Waals surface area contributed by atoms with Gasteiger partial charge in [-0.1, -0.05) is 48.6 Å². The van der Waals surface area contributed by atoms with Gasteiger partial charge in [0.2, 0.25) is 0 Å². The number of aliphatic hydroxyl groups is 1. The van der Waals surface area contributed by atoms with Crippen molar-refractivity contribution in [2.45, 2.75) is 26.0 Å². The van der Waals surface area contributed by atoms with E-state index >= 15 is 0 Å². The summed E-state index contributed by atoms with van der Waals surface area (Å²) in [6.45, 7) is 3.55. The van der Waals surface area contributed by atoms with Gasteiger partial charge in [-0.15, -0.1) is 10.2 Å². The predicted molar refractivity (Wildman–Crippen MR) is 131 cm³/mol. The fraction of sp³-hybridized carbons (Fsp3) is 0.192. The fourth-order valence-corrected chi connectivity index (χ4v) is 4.18. The minimum atomic E-state index is -1.02. The SMILES string of the molecule is CC(C)(O)Cn1nc(C(=O)Nc2ccc(C3=C4C=CC=CC4C(=O)N=N3)cc2O)c2ccccc21. The number of para-hydroxylation sites is 1. The minimum Gasteiger partial charge on any atom is -0.506 e. The van der Waals surface area contributed by atoms with Crippen LogP contribution in [0.15, 0.2) is 82.6 Å². The molecule has 0 fully saturated rings. The Morgan fingerprint density at radius 1 is 1.14 bits per heavy atom. The van der Waals surface area contributed by atoms with Gasteiger partial charge >= 0.3 is 0 Å². The Balaban J connectivity index is 1.44. The number of allylic oxidation sites excluding steroid dienone is 3. The van der Waals surface area contributed by atoms with Gasteiger partial charge in [-0.25, -0.2) is 0 Å². The van der Waals surface area contributed by atoms with Crippen LogP contribution in [0.4, 0.5) is 5.69 Å². The number of anilines is 1. The Morgan fingerprint density at radius 3 is 2.71 bits per heavy atom. The fourth-order valence-electron chi connectivity index (χ4n) is 4.18. The number of rotatable bonds is 5. The first-order valence-corrected chi connectivity index (χ1v) is 11.1. The summed E-state index contributed by atoms with van der Waals surface area (Å²) < 4.78 is 1.60. The van der Waals surface area contributed by atoms with Crippen LogP contribution in [0.1, 0.15) is 29.9 Å². The zero-order chi connectivity index (χ0) is 24.7.